The Morgan fingerprint density at radius 3 is 2.57 bits per heavy atom. The molecule has 0 aliphatic carbocycles. The largest absolute Gasteiger partial charge is 0.508 e. The molecule has 0 radical (unpaired) electrons. The SMILES string of the molecule is NC(=O)CC1C(=O)N(Cc2ccc(F)cc2)c2ccc(O)cc21. The third-order valence-corrected chi connectivity index (χ3v) is 3.90. The molecule has 118 valence electrons. The Hall–Kier alpha value is -2.89. The van der Waals surface area contributed by atoms with Gasteiger partial charge in [-0.1, -0.05) is 12.1 Å². The molecule has 5 nitrogen and oxygen atoms in total. The maximum Gasteiger partial charge on any atom is 0.235 e. The van der Waals surface area contributed by atoms with Crippen LogP contribution in [0, 0.1) is 5.82 Å². The van der Waals surface area contributed by atoms with Crippen molar-refractivity contribution in [2.45, 2.75) is 18.9 Å². The van der Waals surface area contributed by atoms with Crippen LogP contribution in [0.4, 0.5) is 10.1 Å². The summed E-state index contributed by atoms with van der Waals surface area (Å²) >= 11 is 0. The standard InChI is InChI=1S/C17H15FN2O3/c18-11-3-1-10(2-4-11)9-20-15-6-5-12(21)7-13(15)14(17(20)23)8-16(19)22/h1-7,14,21H,8-9H2,(H2,19,22). The van der Waals surface area contributed by atoms with Crippen LogP contribution in [-0.2, 0) is 16.1 Å². The smallest absolute Gasteiger partial charge is 0.235 e. The maximum atomic E-state index is 13.0. The molecular weight excluding hydrogens is 299 g/mol. The molecule has 6 heteroatoms. The Bertz CT molecular complexity index is 774. The monoisotopic (exact) mass is 314 g/mol. The van der Waals surface area contributed by atoms with E-state index in [1.807, 2.05) is 0 Å². The van der Waals surface area contributed by atoms with Gasteiger partial charge in [0, 0.05) is 12.1 Å². The number of anilines is 1. The van der Waals surface area contributed by atoms with Gasteiger partial charge in [-0.05, 0) is 41.5 Å². The van der Waals surface area contributed by atoms with Gasteiger partial charge in [-0.15, -0.1) is 0 Å². The van der Waals surface area contributed by atoms with Crippen LogP contribution in [0.25, 0.3) is 0 Å². The number of aromatic hydroxyl groups is 1. The minimum absolute atomic E-state index is 0.0228. The summed E-state index contributed by atoms with van der Waals surface area (Å²) in [6.45, 7) is 0.256. The summed E-state index contributed by atoms with van der Waals surface area (Å²) in [7, 11) is 0. The summed E-state index contributed by atoms with van der Waals surface area (Å²) in [6.07, 6.45) is -0.116. The molecule has 3 N–H and O–H groups in total. The van der Waals surface area contributed by atoms with E-state index in [1.54, 1.807) is 18.2 Å². The molecule has 0 saturated heterocycles. The maximum absolute atomic E-state index is 13.0. The molecule has 2 amide bonds. The Kier molecular flexibility index (Phi) is 3.73. The highest BCUT2D eigenvalue weighted by Crippen LogP contribution is 2.41. The van der Waals surface area contributed by atoms with Gasteiger partial charge in [0.2, 0.25) is 11.8 Å². The molecule has 0 bridgehead atoms. The van der Waals surface area contributed by atoms with E-state index >= 15 is 0 Å². The topological polar surface area (TPSA) is 83.6 Å². The molecule has 0 saturated carbocycles. The zero-order chi connectivity index (χ0) is 16.6. The van der Waals surface area contributed by atoms with Crippen molar-refractivity contribution in [2.75, 3.05) is 4.90 Å². The summed E-state index contributed by atoms with van der Waals surface area (Å²) in [4.78, 5) is 25.4. The first kappa shape index (κ1) is 15.0. The Morgan fingerprint density at radius 1 is 1.22 bits per heavy atom. The molecule has 0 spiro atoms. The highest BCUT2D eigenvalue weighted by atomic mass is 19.1. The van der Waals surface area contributed by atoms with Crippen molar-refractivity contribution >= 4 is 17.5 Å². The summed E-state index contributed by atoms with van der Waals surface area (Å²) in [5, 5.41) is 9.65. The Morgan fingerprint density at radius 2 is 1.91 bits per heavy atom. The molecule has 2 aromatic carbocycles. The van der Waals surface area contributed by atoms with Crippen molar-refractivity contribution < 1.29 is 19.1 Å². The van der Waals surface area contributed by atoms with Crippen molar-refractivity contribution in [1.82, 2.24) is 0 Å². The Balaban J connectivity index is 1.96. The van der Waals surface area contributed by atoms with Crippen LogP contribution in [0.1, 0.15) is 23.5 Å². The fourth-order valence-electron chi connectivity index (χ4n) is 2.84. The molecule has 23 heavy (non-hydrogen) atoms. The number of amides is 2. The predicted octanol–water partition coefficient (Wildman–Crippen LogP) is 2.04. The van der Waals surface area contributed by atoms with E-state index in [1.165, 1.54) is 29.2 Å². The van der Waals surface area contributed by atoms with Crippen molar-refractivity contribution in [3.05, 3.63) is 59.4 Å². The first-order chi connectivity index (χ1) is 11.0. The van der Waals surface area contributed by atoms with Crippen LogP contribution in [0.5, 0.6) is 5.75 Å². The summed E-state index contributed by atoms with van der Waals surface area (Å²) in [5.41, 5.74) is 7.20. The van der Waals surface area contributed by atoms with E-state index < -0.39 is 11.8 Å². The number of carbonyl (C=O) groups is 2. The number of nitrogens with two attached hydrogens (primary N) is 1. The molecule has 1 unspecified atom stereocenters. The van der Waals surface area contributed by atoms with Crippen molar-refractivity contribution in [3.8, 4) is 5.75 Å². The number of phenolic OH excluding ortho intramolecular Hbond substituents is 1. The lowest BCUT2D eigenvalue weighted by atomic mass is 9.97. The summed E-state index contributed by atoms with van der Waals surface area (Å²) in [5.74, 6) is -1.86. The average Bonchev–Trinajstić information content (AvgIpc) is 2.74. The number of benzene rings is 2. The van der Waals surface area contributed by atoms with Gasteiger partial charge in [0.1, 0.15) is 11.6 Å². The lowest BCUT2D eigenvalue weighted by Gasteiger charge is -2.18. The lowest BCUT2D eigenvalue weighted by Crippen LogP contribution is -2.30. The number of rotatable bonds is 4. The van der Waals surface area contributed by atoms with Crippen LogP contribution in [0.3, 0.4) is 0 Å². The second kappa shape index (κ2) is 5.72. The number of carbonyl (C=O) groups excluding carboxylic acids is 2. The second-order valence-corrected chi connectivity index (χ2v) is 5.52. The number of phenols is 1. The minimum atomic E-state index is -0.699. The van der Waals surface area contributed by atoms with Gasteiger partial charge in [0.05, 0.1) is 12.5 Å². The van der Waals surface area contributed by atoms with E-state index in [0.717, 1.165) is 5.56 Å². The van der Waals surface area contributed by atoms with Gasteiger partial charge in [-0.2, -0.15) is 0 Å². The van der Waals surface area contributed by atoms with E-state index in [2.05, 4.69) is 0 Å². The first-order valence-corrected chi connectivity index (χ1v) is 7.13. The zero-order valence-corrected chi connectivity index (χ0v) is 12.2. The van der Waals surface area contributed by atoms with Crippen molar-refractivity contribution in [1.29, 1.82) is 0 Å². The molecule has 1 aliphatic heterocycles. The van der Waals surface area contributed by atoms with Crippen LogP contribution in [0.15, 0.2) is 42.5 Å². The Labute approximate surface area is 132 Å². The molecule has 0 aromatic heterocycles. The van der Waals surface area contributed by atoms with Crippen molar-refractivity contribution in [3.63, 3.8) is 0 Å². The van der Waals surface area contributed by atoms with E-state index in [9.17, 15) is 19.1 Å². The molecule has 1 aliphatic rings. The highest BCUT2D eigenvalue weighted by Gasteiger charge is 2.38. The predicted molar refractivity (Wildman–Crippen MR) is 82.2 cm³/mol. The molecular formula is C17H15FN2O3. The number of halogens is 1. The van der Waals surface area contributed by atoms with Crippen molar-refractivity contribution in [2.24, 2.45) is 5.73 Å². The third kappa shape index (κ3) is 2.88. The van der Waals surface area contributed by atoms with Gasteiger partial charge in [-0.25, -0.2) is 4.39 Å². The van der Waals surface area contributed by atoms with Crippen LogP contribution >= 0.6 is 0 Å². The summed E-state index contributed by atoms with van der Waals surface area (Å²) in [6, 6.07) is 10.5. The van der Waals surface area contributed by atoms with E-state index in [0.29, 0.717) is 11.3 Å². The third-order valence-electron chi connectivity index (χ3n) is 3.90. The quantitative estimate of drug-likeness (QED) is 0.906. The number of primary amides is 1. The number of hydrogen-bond acceptors (Lipinski definition) is 3. The lowest BCUT2D eigenvalue weighted by molar-refractivity contribution is -0.124. The van der Waals surface area contributed by atoms with E-state index in [4.69, 9.17) is 5.73 Å². The number of nitrogens with zero attached hydrogens (tertiary/aromatic N) is 1. The fraction of sp³-hybridized carbons (Fsp3) is 0.176. The molecule has 0 fully saturated rings. The number of hydrogen-bond donors (Lipinski definition) is 2. The highest BCUT2D eigenvalue weighted by molar-refractivity contribution is 6.06. The van der Waals surface area contributed by atoms with Gasteiger partial charge < -0.3 is 15.7 Å². The minimum Gasteiger partial charge on any atom is -0.508 e. The van der Waals surface area contributed by atoms with Gasteiger partial charge in [0.25, 0.3) is 0 Å². The average molecular weight is 314 g/mol. The second-order valence-electron chi connectivity index (χ2n) is 5.52. The van der Waals surface area contributed by atoms with Gasteiger partial charge in [0.15, 0.2) is 0 Å². The fourth-order valence-corrected chi connectivity index (χ4v) is 2.84. The number of fused-ring (bicyclic) bond motifs is 1. The van der Waals surface area contributed by atoms with E-state index in [-0.39, 0.29) is 30.4 Å². The van der Waals surface area contributed by atoms with Crippen LogP contribution < -0.4 is 10.6 Å². The molecule has 2 aromatic rings. The van der Waals surface area contributed by atoms with Gasteiger partial charge in [-0.3, -0.25) is 9.59 Å². The van der Waals surface area contributed by atoms with Crippen LogP contribution in [0.2, 0.25) is 0 Å². The van der Waals surface area contributed by atoms with Crippen LogP contribution in [-0.4, -0.2) is 16.9 Å². The molecule has 1 heterocycles. The summed E-state index contributed by atoms with van der Waals surface area (Å²) < 4.78 is 13.0. The molecule has 1 atom stereocenters. The first-order valence-electron chi connectivity index (χ1n) is 7.13. The zero-order valence-electron chi connectivity index (χ0n) is 12.2. The molecule has 3 rings (SSSR count). The normalized spacial score (nSPS) is 16.5. The van der Waals surface area contributed by atoms with Gasteiger partial charge >= 0.3 is 0 Å².